The van der Waals surface area contributed by atoms with Gasteiger partial charge in [-0.05, 0) is 35.7 Å². The number of benzene rings is 2. The van der Waals surface area contributed by atoms with Gasteiger partial charge in [0.15, 0.2) is 0 Å². The van der Waals surface area contributed by atoms with Crippen LogP contribution in [0.2, 0.25) is 0 Å². The van der Waals surface area contributed by atoms with E-state index in [-0.39, 0.29) is 23.7 Å². The molecule has 0 bridgehead atoms. The quantitative estimate of drug-likeness (QED) is 0.867. The zero-order valence-electron chi connectivity index (χ0n) is 15.0. The maximum atomic E-state index is 12.9. The van der Waals surface area contributed by atoms with Crippen LogP contribution in [-0.2, 0) is 11.3 Å². The molecule has 1 saturated heterocycles. The number of nitrogens with two attached hydrogens (primary N) is 1. The Morgan fingerprint density at radius 2 is 1.77 bits per heavy atom. The van der Waals surface area contributed by atoms with Crippen molar-refractivity contribution in [3.63, 3.8) is 0 Å². The van der Waals surface area contributed by atoms with Crippen molar-refractivity contribution in [3.8, 4) is 0 Å². The van der Waals surface area contributed by atoms with Crippen molar-refractivity contribution in [2.45, 2.75) is 19.4 Å². The number of hydrogen-bond acceptors (Lipinski definition) is 3. The van der Waals surface area contributed by atoms with Gasteiger partial charge in [0.25, 0.3) is 5.91 Å². The Labute approximate surface area is 154 Å². The highest BCUT2D eigenvalue weighted by molar-refractivity contribution is 5.94. The van der Waals surface area contributed by atoms with Crippen molar-refractivity contribution in [1.82, 2.24) is 10.2 Å². The maximum absolute atomic E-state index is 12.9. The Hall–Kier alpha value is -2.66. The number of nitrogens with zero attached hydrogens (tertiary/aromatic N) is 1. The number of nitrogens with one attached hydrogen (secondary N) is 1. The number of likely N-dealkylation sites (tertiary alicyclic amines) is 1. The van der Waals surface area contributed by atoms with Gasteiger partial charge in [-0.15, -0.1) is 0 Å². The Balaban J connectivity index is 1.69. The average Bonchev–Trinajstić information content (AvgIpc) is 3.11. The molecule has 2 aromatic carbocycles. The molecule has 0 saturated carbocycles. The first kappa shape index (κ1) is 18.1. The van der Waals surface area contributed by atoms with Gasteiger partial charge in [-0.2, -0.15) is 0 Å². The third-order valence-electron chi connectivity index (χ3n) is 5.00. The minimum Gasteiger partial charge on any atom is -0.352 e. The van der Waals surface area contributed by atoms with Gasteiger partial charge < -0.3 is 16.0 Å². The first-order valence-corrected chi connectivity index (χ1v) is 8.96. The van der Waals surface area contributed by atoms with E-state index >= 15 is 0 Å². The highest BCUT2D eigenvalue weighted by Gasteiger charge is 2.35. The second-order valence-electron chi connectivity index (χ2n) is 6.83. The lowest BCUT2D eigenvalue weighted by atomic mass is 9.89. The molecular weight excluding hydrogens is 326 g/mol. The summed E-state index contributed by atoms with van der Waals surface area (Å²) in [5.41, 5.74) is 8.85. The second-order valence-corrected chi connectivity index (χ2v) is 6.83. The van der Waals surface area contributed by atoms with Crippen molar-refractivity contribution in [2.24, 2.45) is 11.7 Å². The molecule has 5 nitrogen and oxygen atoms in total. The summed E-state index contributed by atoms with van der Waals surface area (Å²) < 4.78 is 0. The van der Waals surface area contributed by atoms with E-state index in [1.165, 1.54) is 12.5 Å². The van der Waals surface area contributed by atoms with E-state index < -0.39 is 0 Å². The van der Waals surface area contributed by atoms with Crippen LogP contribution in [0.4, 0.5) is 0 Å². The second kappa shape index (κ2) is 8.15. The first-order chi connectivity index (χ1) is 12.6. The molecule has 3 rings (SSSR count). The van der Waals surface area contributed by atoms with E-state index in [4.69, 9.17) is 5.73 Å². The van der Waals surface area contributed by atoms with Crippen LogP contribution in [0.1, 0.15) is 34.3 Å². The predicted molar refractivity (Wildman–Crippen MR) is 102 cm³/mol. The summed E-state index contributed by atoms with van der Waals surface area (Å²) >= 11 is 0. The van der Waals surface area contributed by atoms with Crippen LogP contribution in [0.3, 0.4) is 0 Å². The van der Waals surface area contributed by atoms with E-state index in [0.717, 1.165) is 5.56 Å². The normalized spacial score (nSPS) is 19.4. The molecule has 3 N–H and O–H groups in total. The van der Waals surface area contributed by atoms with Gasteiger partial charge in [-0.25, -0.2) is 0 Å². The molecule has 1 fully saturated rings. The first-order valence-electron chi connectivity index (χ1n) is 8.96. The van der Waals surface area contributed by atoms with E-state index in [1.807, 2.05) is 47.4 Å². The molecule has 26 heavy (non-hydrogen) atoms. The summed E-state index contributed by atoms with van der Waals surface area (Å²) in [5, 5.41) is 2.75. The summed E-state index contributed by atoms with van der Waals surface area (Å²) in [6.07, 6.45) is 0. The monoisotopic (exact) mass is 351 g/mol. The fourth-order valence-electron chi connectivity index (χ4n) is 3.53. The summed E-state index contributed by atoms with van der Waals surface area (Å²) in [4.78, 5) is 25.8. The maximum Gasteiger partial charge on any atom is 0.253 e. The highest BCUT2D eigenvalue weighted by atomic mass is 16.2. The van der Waals surface area contributed by atoms with Crippen LogP contribution < -0.4 is 11.1 Å². The third-order valence-corrected chi connectivity index (χ3v) is 5.00. The van der Waals surface area contributed by atoms with Crippen LogP contribution >= 0.6 is 0 Å². The van der Waals surface area contributed by atoms with Crippen molar-refractivity contribution in [3.05, 3.63) is 71.3 Å². The number of hydrogen-bond donors (Lipinski definition) is 2. The lowest BCUT2D eigenvalue weighted by Crippen LogP contribution is -2.29. The zero-order valence-corrected chi connectivity index (χ0v) is 15.0. The Kier molecular flexibility index (Phi) is 5.68. The standard InChI is InChI=1S/C21H25N3O2/c1-15(25)23-12-16-7-9-18(10-8-16)21(26)24-13-19(11-22)20(14-24)17-5-3-2-4-6-17/h2-10,19-20H,11-14,22H2,1H3,(H,23,25)/t19-,20+/m1/s1. The summed E-state index contributed by atoms with van der Waals surface area (Å²) in [6.45, 7) is 3.90. The Bertz CT molecular complexity index is 759. The molecule has 5 heteroatoms. The Morgan fingerprint density at radius 3 is 2.38 bits per heavy atom. The third kappa shape index (κ3) is 4.11. The van der Waals surface area contributed by atoms with Gasteiger partial charge in [0.05, 0.1) is 0 Å². The molecule has 0 unspecified atom stereocenters. The number of rotatable bonds is 5. The molecule has 1 aliphatic rings. The van der Waals surface area contributed by atoms with E-state index in [9.17, 15) is 9.59 Å². The molecule has 0 aliphatic carbocycles. The Morgan fingerprint density at radius 1 is 1.08 bits per heavy atom. The SMILES string of the molecule is CC(=O)NCc1ccc(C(=O)N2C[C@@H](CN)[C@H](c3ccccc3)C2)cc1. The van der Waals surface area contributed by atoms with Crippen LogP contribution in [0.15, 0.2) is 54.6 Å². The number of amides is 2. The molecule has 0 spiro atoms. The van der Waals surface area contributed by atoms with E-state index in [2.05, 4.69) is 17.4 Å². The molecule has 2 aromatic rings. The molecule has 1 aliphatic heterocycles. The van der Waals surface area contributed by atoms with Crippen molar-refractivity contribution >= 4 is 11.8 Å². The van der Waals surface area contributed by atoms with Gasteiger partial charge in [-0.3, -0.25) is 9.59 Å². The smallest absolute Gasteiger partial charge is 0.253 e. The molecule has 2 amide bonds. The number of carbonyl (C=O) groups is 2. The van der Waals surface area contributed by atoms with E-state index in [1.54, 1.807) is 0 Å². The lowest BCUT2D eigenvalue weighted by molar-refractivity contribution is -0.119. The summed E-state index contributed by atoms with van der Waals surface area (Å²) in [7, 11) is 0. The van der Waals surface area contributed by atoms with Gasteiger partial charge >= 0.3 is 0 Å². The highest BCUT2D eigenvalue weighted by Crippen LogP contribution is 2.32. The molecule has 0 radical (unpaired) electrons. The van der Waals surface area contributed by atoms with Crippen LogP contribution in [0.5, 0.6) is 0 Å². The summed E-state index contributed by atoms with van der Waals surface area (Å²) in [6, 6.07) is 17.7. The lowest BCUT2D eigenvalue weighted by Gasteiger charge is -2.17. The van der Waals surface area contributed by atoms with Crippen LogP contribution in [-0.4, -0.2) is 36.3 Å². The predicted octanol–water partition coefficient (Wildman–Crippen LogP) is 2.14. The van der Waals surface area contributed by atoms with Gasteiger partial charge in [0.2, 0.25) is 5.91 Å². The van der Waals surface area contributed by atoms with E-state index in [0.29, 0.717) is 31.7 Å². The van der Waals surface area contributed by atoms with Crippen LogP contribution in [0.25, 0.3) is 0 Å². The summed E-state index contributed by atoms with van der Waals surface area (Å²) in [5.74, 6) is 0.527. The molecular formula is C21H25N3O2. The van der Waals surface area contributed by atoms with Crippen molar-refractivity contribution < 1.29 is 9.59 Å². The van der Waals surface area contributed by atoms with Gasteiger partial charge in [0, 0.05) is 38.0 Å². The van der Waals surface area contributed by atoms with Gasteiger partial charge in [0.1, 0.15) is 0 Å². The largest absolute Gasteiger partial charge is 0.352 e. The van der Waals surface area contributed by atoms with Gasteiger partial charge in [-0.1, -0.05) is 42.5 Å². The van der Waals surface area contributed by atoms with Crippen molar-refractivity contribution in [1.29, 1.82) is 0 Å². The fourth-order valence-corrected chi connectivity index (χ4v) is 3.53. The molecule has 0 aromatic heterocycles. The molecule has 136 valence electrons. The molecule has 1 heterocycles. The minimum absolute atomic E-state index is 0.0351. The van der Waals surface area contributed by atoms with Crippen LogP contribution in [0, 0.1) is 5.92 Å². The topological polar surface area (TPSA) is 75.4 Å². The van der Waals surface area contributed by atoms with Crippen molar-refractivity contribution in [2.75, 3.05) is 19.6 Å². The minimum atomic E-state index is -0.0676. The fraction of sp³-hybridized carbons (Fsp3) is 0.333. The number of carbonyl (C=O) groups excluding carboxylic acids is 2. The zero-order chi connectivity index (χ0) is 18.5. The molecule has 2 atom stereocenters. The average molecular weight is 351 g/mol.